The van der Waals surface area contributed by atoms with Gasteiger partial charge in [-0.25, -0.2) is 0 Å². The predicted molar refractivity (Wildman–Crippen MR) is 88.4 cm³/mol. The monoisotopic (exact) mass is 281 g/mol. The molecule has 0 unspecified atom stereocenters. The molecule has 0 aliphatic heterocycles. The van der Waals surface area contributed by atoms with E-state index in [4.69, 9.17) is 11.1 Å². The summed E-state index contributed by atoms with van der Waals surface area (Å²) in [7, 11) is 2.11. The molecule has 2 aromatic rings. The zero-order valence-corrected chi connectivity index (χ0v) is 12.8. The number of nitrogens with two attached hydrogens (primary N) is 1. The van der Waals surface area contributed by atoms with E-state index in [-0.39, 0.29) is 5.84 Å². The van der Waals surface area contributed by atoms with Crippen molar-refractivity contribution >= 4 is 5.84 Å². The highest BCUT2D eigenvalue weighted by Crippen LogP contribution is 2.11. The summed E-state index contributed by atoms with van der Waals surface area (Å²) in [5, 5.41) is 7.50. The van der Waals surface area contributed by atoms with Crippen LogP contribution in [-0.2, 0) is 19.5 Å². The maximum absolute atomic E-state index is 7.50. The van der Waals surface area contributed by atoms with Gasteiger partial charge in [0, 0.05) is 18.7 Å². The maximum Gasteiger partial charge on any atom is 0.122 e. The highest BCUT2D eigenvalue weighted by molar-refractivity contribution is 5.95. The Morgan fingerprint density at radius 2 is 1.62 bits per heavy atom. The van der Waals surface area contributed by atoms with Crippen LogP contribution in [0.5, 0.6) is 0 Å². The van der Waals surface area contributed by atoms with Crippen LogP contribution in [0, 0.1) is 5.41 Å². The van der Waals surface area contributed by atoms with Gasteiger partial charge in [0.15, 0.2) is 0 Å². The summed E-state index contributed by atoms with van der Waals surface area (Å²) in [6.45, 7) is 3.92. The van der Waals surface area contributed by atoms with E-state index in [1.54, 1.807) is 0 Å². The fourth-order valence-corrected chi connectivity index (χ4v) is 2.40. The molecule has 0 saturated carbocycles. The van der Waals surface area contributed by atoms with Crippen LogP contribution in [0.4, 0.5) is 0 Å². The molecule has 0 fully saturated rings. The van der Waals surface area contributed by atoms with Gasteiger partial charge in [-0.2, -0.15) is 0 Å². The van der Waals surface area contributed by atoms with E-state index >= 15 is 0 Å². The van der Waals surface area contributed by atoms with Crippen molar-refractivity contribution in [1.82, 2.24) is 4.90 Å². The van der Waals surface area contributed by atoms with E-state index in [0.29, 0.717) is 0 Å². The van der Waals surface area contributed by atoms with Gasteiger partial charge < -0.3 is 5.73 Å². The van der Waals surface area contributed by atoms with Crippen LogP contribution in [-0.4, -0.2) is 17.8 Å². The topological polar surface area (TPSA) is 53.1 Å². The van der Waals surface area contributed by atoms with Crippen molar-refractivity contribution in [3.8, 4) is 0 Å². The van der Waals surface area contributed by atoms with Crippen molar-refractivity contribution in [3.05, 3.63) is 70.8 Å². The van der Waals surface area contributed by atoms with Gasteiger partial charge >= 0.3 is 0 Å². The number of rotatable bonds is 6. The zero-order chi connectivity index (χ0) is 15.2. The minimum Gasteiger partial charge on any atom is -0.384 e. The van der Waals surface area contributed by atoms with Gasteiger partial charge in [-0.15, -0.1) is 0 Å². The fourth-order valence-electron chi connectivity index (χ4n) is 2.40. The van der Waals surface area contributed by atoms with E-state index in [2.05, 4.69) is 49.2 Å². The van der Waals surface area contributed by atoms with Gasteiger partial charge in [0.2, 0.25) is 0 Å². The van der Waals surface area contributed by atoms with Gasteiger partial charge in [-0.05, 0) is 36.2 Å². The summed E-state index contributed by atoms with van der Waals surface area (Å²) in [5.41, 5.74) is 10.2. The zero-order valence-electron chi connectivity index (χ0n) is 12.8. The van der Waals surface area contributed by atoms with Gasteiger partial charge in [0.25, 0.3) is 0 Å². The Hall–Kier alpha value is -2.13. The van der Waals surface area contributed by atoms with E-state index < -0.39 is 0 Å². The Morgan fingerprint density at radius 3 is 2.24 bits per heavy atom. The third kappa shape index (κ3) is 4.43. The Morgan fingerprint density at radius 1 is 1.00 bits per heavy atom. The molecule has 3 nitrogen and oxygen atoms in total. The lowest BCUT2D eigenvalue weighted by atomic mass is 10.1. The van der Waals surface area contributed by atoms with Crippen LogP contribution in [0.2, 0.25) is 0 Å². The van der Waals surface area contributed by atoms with E-state index in [1.807, 2.05) is 18.2 Å². The Balaban J connectivity index is 1.98. The second kappa shape index (κ2) is 7.04. The quantitative estimate of drug-likeness (QED) is 0.631. The van der Waals surface area contributed by atoms with Crippen LogP contribution in [0.1, 0.15) is 29.2 Å². The molecule has 0 amide bonds. The van der Waals surface area contributed by atoms with Crippen LogP contribution in [0.15, 0.2) is 48.5 Å². The smallest absolute Gasteiger partial charge is 0.122 e. The standard InChI is InChI=1S/C18H23N3/c1-3-14-7-9-15(10-8-14)12-21(2)13-16-5-4-6-17(11-16)18(19)20/h4-11H,3,12-13H2,1-2H3,(H3,19,20). The average molecular weight is 281 g/mol. The molecular weight excluding hydrogens is 258 g/mol. The molecule has 21 heavy (non-hydrogen) atoms. The SMILES string of the molecule is CCc1ccc(CN(C)Cc2cccc(C(=N)N)c2)cc1. The highest BCUT2D eigenvalue weighted by atomic mass is 15.1. The summed E-state index contributed by atoms with van der Waals surface area (Å²) in [6.07, 6.45) is 1.08. The first-order chi connectivity index (χ1) is 10.1. The third-order valence-corrected chi connectivity index (χ3v) is 3.57. The molecule has 0 aliphatic rings. The molecule has 110 valence electrons. The summed E-state index contributed by atoms with van der Waals surface area (Å²) in [4.78, 5) is 2.26. The molecule has 0 heterocycles. The predicted octanol–water partition coefficient (Wildman–Crippen LogP) is 3.17. The molecule has 2 aromatic carbocycles. The minimum absolute atomic E-state index is 0.120. The number of aryl methyl sites for hydroxylation is 1. The third-order valence-electron chi connectivity index (χ3n) is 3.57. The molecule has 3 N–H and O–H groups in total. The van der Waals surface area contributed by atoms with Crippen molar-refractivity contribution in [2.45, 2.75) is 26.4 Å². The van der Waals surface area contributed by atoms with Crippen LogP contribution in [0.25, 0.3) is 0 Å². The largest absolute Gasteiger partial charge is 0.384 e. The Bertz CT molecular complexity index is 602. The van der Waals surface area contributed by atoms with Gasteiger partial charge in [-0.3, -0.25) is 10.3 Å². The van der Waals surface area contributed by atoms with Crippen LogP contribution < -0.4 is 5.73 Å². The summed E-state index contributed by atoms with van der Waals surface area (Å²) >= 11 is 0. The molecule has 3 heteroatoms. The molecule has 0 spiro atoms. The molecule has 0 aliphatic carbocycles. The normalized spacial score (nSPS) is 10.8. The fraction of sp³-hybridized carbons (Fsp3) is 0.278. The first-order valence-electron chi connectivity index (χ1n) is 7.28. The van der Waals surface area contributed by atoms with E-state index in [0.717, 1.165) is 25.1 Å². The number of hydrogen-bond acceptors (Lipinski definition) is 2. The first-order valence-corrected chi connectivity index (χ1v) is 7.28. The lowest BCUT2D eigenvalue weighted by Crippen LogP contribution is -2.18. The number of nitrogens with one attached hydrogen (secondary N) is 1. The molecule has 2 rings (SSSR count). The molecule has 0 saturated heterocycles. The Kier molecular flexibility index (Phi) is 5.12. The number of benzene rings is 2. The second-order valence-electron chi connectivity index (χ2n) is 5.46. The number of nitrogen functional groups attached to an aromatic ring is 1. The van der Waals surface area contributed by atoms with Crippen molar-refractivity contribution in [2.24, 2.45) is 5.73 Å². The van der Waals surface area contributed by atoms with Crippen molar-refractivity contribution in [1.29, 1.82) is 5.41 Å². The van der Waals surface area contributed by atoms with Crippen LogP contribution >= 0.6 is 0 Å². The summed E-state index contributed by atoms with van der Waals surface area (Å²) in [5.74, 6) is 0.120. The number of hydrogen-bond donors (Lipinski definition) is 2. The average Bonchev–Trinajstić information content (AvgIpc) is 2.48. The highest BCUT2D eigenvalue weighted by Gasteiger charge is 2.04. The molecule has 0 aromatic heterocycles. The molecule has 0 atom stereocenters. The first kappa shape index (κ1) is 15.3. The van der Waals surface area contributed by atoms with E-state index in [9.17, 15) is 0 Å². The maximum atomic E-state index is 7.50. The van der Waals surface area contributed by atoms with Crippen molar-refractivity contribution < 1.29 is 0 Å². The molecular formula is C18H23N3. The Labute approximate surface area is 126 Å². The van der Waals surface area contributed by atoms with Crippen LogP contribution in [0.3, 0.4) is 0 Å². The molecule has 0 radical (unpaired) electrons. The summed E-state index contributed by atoms with van der Waals surface area (Å²) < 4.78 is 0. The number of nitrogens with zero attached hydrogens (tertiary/aromatic N) is 1. The minimum atomic E-state index is 0.120. The lowest BCUT2D eigenvalue weighted by molar-refractivity contribution is 0.319. The summed E-state index contributed by atoms with van der Waals surface area (Å²) in [6, 6.07) is 16.7. The van der Waals surface area contributed by atoms with Gasteiger partial charge in [0.1, 0.15) is 5.84 Å². The van der Waals surface area contributed by atoms with Crippen molar-refractivity contribution in [2.75, 3.05) is 7.05 Å². The van der Waals surface area contributed by atoms with Gasteiger partial charge in [-0.1, -0.05) is 49.4 Å². The van der Waals surface area contributed by atoms with Gasteiger partial charge in [0.05, 0.1) is 0 Å². The lowest BCUT2D eigenvalue weighted by Gasteiger charge is -2.17. The second-order valence-corrected chi connectivity index (χ2v) is 5.46. The number of amidine groups is 1. The van der Waals surface area contributed by atoms with E-state index in [1.165, 1.54) is 16.7 Å². The van der Waals surface area contributed by atoms with Crippen molar-refractivity contribution in [3.63, 3.8) is 0 Å². The molecule has 0 bridgehead atoms.